The maximum absolute atomic E-state index is 13.6. The van der Waals surface area contributed by atoms with E-state index in [1.165, 1.54) is 17.4 Å². The molecule has 2 heterocycles. The third-order valence-electron chi connectivity index (χ3n) is 5.56. The van der Waals surface area contributed by atoms with Gasteiger partial charge in [0.15, 0.2) is 0 Å². The number of nitrogens with zero attached hydrogens (tertiary/aromatic N) is 2. The van der Waals surface area contributed by atoms with Gasteiger partial charge in [0.05, 0.1) is 10.2 Å². The second-order valence-electron chi connectivity index (χ2n) is 7.54. The first-order valence-corrected chi connectivity index (χ1v) is 10.4. The van der Waals surface area contributed by atoms with E-state index in [1.54, 1.807) is 17.6 Å². The normalized spacial score (nSPS) is 16.4. The molecule has 0 unspecified atom stereocenters. The number of thiazole rings is 1. The molecule has 3 nitrogen and oxygen atoms in total. The van der Waals surface area contributed by atoms with Crippen molar-refractivity contribution >= 4 is 27.2 Å². The van der Waals surface area contributed by atoms with Crippen LogP contribution < -0.4 is 4.90 Å². The van der Waals surface area contributed by atoms with Crippen molar-refractivity contribution in [3.05, 3.63) is 53.0 Å². The molecule has 0 radical (unpaired) electrons. The molecule has 160 valence electrons. The molecule has 0 aliphatic carbocycles. The Bertz CT molecular complexity index is 1040. The SMILES string of the molecule is Oc1ccc2scnc2c1N1CCC(Cc2cccc(C(F)(F)C(F)(F)F)c2)CC1. The number of hydrogen-bond donors (Lipinski definition) is 1. The number of aromatic nitrogens is 1. The summed E-state index contributed by atoms with van der Waals surface area (Å²) in [4.78, 5) is 6.41. The van der Waals surface area contributed by atoms with Crippen LogP contribution >= 0.6 is 11.3 Å². The number of anilines is 1. The van der Waals surface area contributed by atoms with Crippen molar-refractivity contribution in [2.24, 2.45) is 5.92 Å². The molecule has 0 amide bonds. The van der Waals surface area contributed by atoms with E-state index >= 15 is 0 Å². The first-order chi connectivity index (χ1) is 14.2. The second-order valence-corrected chi connectivity index (χ2v) is 8.43. The molecule has 1 fully saturated rings. The van der Waals surface area contributed by atoms with Crippen molar-refractivity contribution < 1.29 is 27.1 Å². The van der Waals surface area contributed by atoms with Crippen LogP contribution in [0.3, 0.4) is 0 Å². The molecule has 1 aliphatic heterocycles. The highest BCUT2D eigenvalue weighted by molar-refractivity contribution is 7.16. The van der Waals surface area contributed by atoms with Gasteiger partial charge in [0.1, 0.15) is 17.0 Å². The highest BCUT2D eigenvalue weighted by atomic mass is 32.1. The number of benzene rings is 2. The number of hydrogen-bond acceptors (Lipinski definition) is 4. The van der Waals surface area contributed by atoms with Crippen molar-refractivity contribution in [1.82, 2.24) is 4.98 Å². The van der Waals surface area contributed by atoms with Crippen LogP contribution in [-0.4, -0.2) is 29.4 Å². The van der Waals surface area contributed by atoms with Crippen LogP contribution in [0.5, 0.6) is 5.75 Å². The maximum Gasteiger partial charge on any atom is 0.458 e. The van der Waals surface area contributed by atoms with E-state index in [1.807, 2.05) is 6.07 Å². The van der Waals surface area contributed by atoms with E-state index in [0.717, 1.165) is 35.2 Å². The monoisotopic (exact) mass is 442 g/mol. The van der Waals surface area contributed by atoms with Gasteiger partial charge < -0.3 is 10.0 Å². The smallest absolute Gasteiger partial charge is 0.458 e. The minimum Gasteiger partial charge on any atom is -0.506 e. The fourth-order valence-electron chi connectivity index (χ4n) is 3.97. The van der Waals surface area contributed by atoms with Gasteiger partial charge in [-0.3, -0.25) is 0 Å². The predicted molar refractivity (Wildman–Crippen MR) is 106 cm³/mol. The van der Waals surface area contributed by atoms with E-state index < -0.39 is 17.7 Å². The molecular weight excluding hydrogens is 423 g/mol. The van der Waals surface area contributed by atoms with Crippen molar-refractivity contribution in [3.8, 4) is 5.75 Å². The van der Waals surface area contributed by atoms with Crippen LogP contribution in [0.2, 0.25) is 0 Å². The molecule has 0 saturated carbocycles. The quantitative estimate of drug-likeness (QED) is 0.495. The minimum absolute atomic E-state index is 0.160. The van der Waals surface area contributed by atoms with Crippen LogP contribution in [0, 0.1) is 5.92 Å². The van der Waals surface area contributed by atoms with E-state index in [-0.39, 0.29) is 11.7 Å². The number of alkyl halides is 5. The molecule has 1 N–H and O–H groups in total. The lowest BCUT2D eigenvalue weighted by molar-refractivity contribution is -0.289. The summed E-state index contributed by atoms with van der Waals surface area (Å²) in [6.07, 6.45) is -3.71. The lowest BCUT2D eigenvalue weighted by Crippen LogP contribution is -2.35. The van der Waals surface area contributed by atoms with Gasteiger partial charge in [0.2, 0.25) is 0 Å². The van der Waals surface area contributed by atoms with Crippen molar-refractivity contribution in [3.63, 3.8) is 0 Å². The molecule has 1 aromatic heterocycles. The van der Waals surface area contributed by atoms with E-state index in [2.05, 4.69) is 9.88 Å². The zero-order valence-corrected chi connectivity index (χ0v) is 16.6. The van der Waals surface area contributed by atoms with E-state index in [4.69, 9.17) is 0 Å². The molecular formula is C21H19F5N2OS. The van der Waals surface area contributed by atoms with Gasteiger partial charge in [-0.1, -0.05) is 18.2 Å². The molecule has 30 heavy (non-hydrogen) atoms. The summed E-state index contributed by atoms with van der Waals surface area (Å²) >= 11 is 1.49. The van der Waals surface area contributed by atoms with Gasteiger partial charge in [0, 0.05) is 18.7 Å². The zero-order chi connectivity index (χ0) is 21.5. The van der Waals surface area contributed by atoms with Crippen molar-refractivity contribution in [2.45, 2.75) is 31.4 Å². The molecule has 2 aromatic carbocycles. The third-order valence-corrected chi connectivity index (χ3v) is 6.35. The van der Waals surface area contributed by atoms with Gasteiger partial charge in [-0.25, -0.2) is 4.98 Å². The Morgan fingerprint density at radius 3 is 2.50 bits per heavy atom. The highest BCUT2D eigenvalue weighted by Gasteiger charge is 2.58. The Hall–Kier alpha value is -2.42. The van der Waals surface area contributed by atoms with Crippen molar-refractivity contribution in [2.75, 3.05) is 18.0 Å². The Balaban J connectivity index is 1.45. The van der Waals surface area contributed by atoms with Gasteiger partial charge in [0.25, 0.3) is 0 Å². The summed E-state index contributed by atoms with van der Waals surface area (Å²) in [6, 6.07) is 8.08. The van der Waals surface area contributed by atoms with Crippen molar-refractivity contribution in [1.29, 1.82) is 0 Å². The fourth-order valence-corrected chi connectivity index (χ4v) is 4.65. The lowest BCUT2D eigenvalue weighted by Gasteiger charge is -2.34. The lowest BCUT2D eigenvalue weighted by atomic mass is 9.89. The molecule has 1 saturated heterocycles. The molecule has 9 heteroatoms. The average Bonchev–Trinajstić information content (AvgIpc) is 3.17. The second kappa shape index (κ2) is 7.68. The van der Waals surface area contributed by atoms with Gasteiger partial charge in [-0.2, -0.15) is 22.0 Å². The number of aromatic hydroxyl groups is 1. The third kappa shape index (κ3) is 3.82. The highest BCUT2D eigenvalue weighted by Crippen LogP contribution is 2.44. The Morgan fingerprint density at radius 2 is 1.80 bits per heavy atom. The number of phenolic OH excluding ortho intramolecular Hbond substituents is 1. The Labute approximate surface area is 173 Å². The number of rotatable bonds is 4. The van der Waals surface area contributed by atoms with Crippen LogP contribution in [-0.2, 0) is 12.3 Å². The first-order valence-electron chi connectivity index (χ1n) is 9.51. The van der Waals surface area contributed by atoms with Crippen LogP contribution in [0.15, 0.2) is 41.9 Å². The number of phenols is 1. The zero-order valence-electron chi connectivity index (χ0n) is 15.8. The van der Waals surface area contributed by atoms with E-state index in [0.29, 0.717) is 30.8 Å². The van der Waals surface area contributed by atoms with Gasteiger partial charge in [-0.05, 0) is 48.9 Å². The minimum atomic E-state index is -5.62. The molecule has 0 bridgehead atoms. The summed E-state index contributed by atoms with van der Waals surface area (Å²) in [6.45, 7) is 1.29. The standard InChI is InChI=1S/C21H19F5N2OS/c22-20(23,21(24,25)26)15-3-1-2-14(11-15)10-13-6-8-28(9-7-13)19-16(29)4-5-17-18(19)27-12-30-17/h1-5,11-13,29H,6-10H2. The summed E-state index contributed by atoms with van der Waals surface area (Å²) in [5.41, 5.74) is 2.62. The van der Waals surface area contributed by atoms with Crippen LogP contribution in [0.1, 0.15) is 24.0 Å². The van der Waals surface area contributed by atoms with Crippen LogP contribution in [0.25, 0.3) is 10.2 Å². The largest absolute Gasteiger partial charge is 0.506 e. The van der Waals surface area contributed by atoms with Gasteiger partial charge >= 0.3 is 12.1 Å². The molecule has 4 rings (SSSR count). The Morgan fingerprint density at radius 1 is 1.07 bits per heavy atom. The first kappa shape index (κ1) is 20.8. The summed E-state index contributed by atoms with van der Waals surface area (Å²) in [7, 11) is 0. The maximum atomic E-state index is 13.6. The number of fused-ring (bicyclic) bond motifs is 1. The van der Waals surface area contributed by atoms with Crippen LogP contribution in [0.4, 0.5) is 27.6 Å². The summed E-state index contributed by atoms with van der Waals surface area (Å²) in [5.74, 6) is -4.54. The van der Waals surface area contributed by atoms with Gasteiger partial charge in [-0.15, -0.1) is 11.3 Å². The number of halogens is 5. The number of piperidine rings is 1. The van der Waals surface area contributed by atoms with E-state index in [9.17, 15) is 27.1 Å². The average molecular weight is 442 g/mol. The molecule has 0 atom stereocenters. The predicted octanol–water partition coefficient (Wildman–Crippen LogP) is 6.12. The molecule has 3 aromatic rings. The Kier molecular flexibility index (Phi) is 5.34. The summed E-state index contributed by atoms with van der Waals surface area (Å²) in [5, 5.41) is 10.3. The summed E-state index contributed by atoms with van der Waals surface area (Å²) < 4.78 is 66.2. The topological polar surface area (TPSA) is 36.4 Å². The fraction of sp³-hybridized carbons (Fsp3) is 0.381. The molecule has 0 spiro atoms. The molecule has 1 aliphatic rings.